The van der Waals surface area contributed by atoms with Gasteiger partial charge in [0.05, 0.1) is 12.3 Å². The molecule has 0 fully saturated rings. The average Bonchev–Trinajstić information content (AvgIpc) is 2.90. The number of thioether (sulfide) groups is 1. The van der Waals surface area contributed by atoms with Crippen molar-refractivity contribution in [3.8, 4) is 22.9 Å². The van der Waals surface area contributed by atoms with Crippen molar-refractivity contribution < 1.29 is 14.3 Å². The molecule has 1 aromatic heterocycles. The molecule has 0 bridgehead atoms. The number of amides is 1. The zero-order chi connectivity index (χ0) is 22.0. The number of rotatable bonds is 5. The van der Waals surface area contributed by atoms with Crippen molar-refractivity contribution in [2.45, 2.75) is 32.2 Å². The summed E-state index contributed by atoms with van der Waals surface area (Å²) in [5, 5.41) is 9.16. The Balaban J connectivity index is 1.94. The number of fused-ring (bicyclic) bond motifs is 3. The van der Waals surface area contributed by atoms with E-state index in [1.54, 1.807) is 4.90 Å². The van der Waals surface area contributed by atoms with E-state index in [-0.39, 0.29) is 5.91 Å². The van der Waals surface area contributed by atoms with Gasteiger partial charge in [0.2, 0.25) is 23.2 Å². The van der Waals surface area contributed by atoms with Gasteiger partial charge in [0.25, 0.3) is 0 Å². The van der Waals surface area contributed by atoms with Crippen molar-refractivity contribution in [1.29, 1.82) is 0 Å². The lowest BCUT2D eigenvalue weighted by Gasteiger charge is -2.30. The lowest BCUT2D eigenvalue weighted by atomic mass is 10.1. The molecule has 9 heteroatoms. The molecule has 1 aliphatic rings. The number of carbonyl (C=O) groups excluding carboxylic acids is 1. The van der Waals surface area contributed by atoms with Crippen LogP contribution in [0.5, 0.6) is 11.6 Å². The maximum Gasteiger partial charge on any atom is 0.247 e. The molecule has 7 nitrogen and oxygen atoms in total. The highest BCUT2D eigenvalue weighted by Gasteiger charge is 2.35. The van der Waals surface area contributed by atoms with E-state index in [0.717, 1.165) is 21.4 Å². The molecule has 31 heavy (non-hydrogen) atoms. The number of carbonyl (C=O) groups is 1. The summed E-state index contributed by atoms with van der Waals surface area (Å²) in [6.45, 7) is 5.99. The molecule has 0 radical (unpaired) electrons. The van der Waals surface area contributed by atoms with Crippen molar-refractivity contribution >= 4 is 39.3 Å². The van der Waals surface area contributed by atoms with Crippen molar-refractivity contribution in [3.63, 3.8) is 0 Å². The van der Waals surface area contributed by atoms with Gasteiger partial charge in [0, 0.05) is 22.5 Å². The van der Waals surface area contributed by atoms with E-state index in [1.165, 1.54) is 18.7 Å². The number of aromatic nitrogens is 3. The smallest absolute Gasteiger partial charge is 0.247 e. The molecule has 160 valence electrons. The number of benzene rings is 2. The van der Waals surface area contributed by atoms with E-state index in [1.807, 2.05) is 56.3 Å². The predicted octanol–water partition coefficient (Wildman–Crippen LogP) is 5.26. The van der Waals surface area contributed by atoms with Crippen LogP contribution in [0.1, 0.15) is 32.6 Å². The van der Waals surface area contributed by atoms with E-state index >= 15 is 0 Å². The average molecular weight is 501 g/mol. The molecule has 1 aliphatic heterocycles. The Morgan fingerprint density at radius 1 is 1.23 bits per heavy atom. The number of anilines is 1. The van der Waals surface area contributed by atoms with Gasteiger partial charge < -0.3 is 9.47 Å². The summed E-state index contributed by atoms with van der Waals surface area (Å²) >= 11 is 5.09. The van der Waals surface area contributed by atoms with Crippen LogP contribution >= 0.6 is 27.7 Å². The fraction of sp³-hybridized carbons (Fsp3) is 0.273. The second-order valence-electron chi connectivity index (χ2n) is 6.67. The highest BCUT2D eigenvalue weighted by Crippen LogP contribution is 2.44. The van der Waals surface area contributed by atoms with Crippen LogP contribution < -0.4 is 14.4 Å². The van der Waals surface area contributed by atoms with E-state index < -0.39 is 6.23 Å². The third kappa shape index (κ3) is 4.24. The van der Waals surface area contributed by atoms with Gasteiger partial charge >= 0.3 is 0 Å². The van der Waals surface area contributed by atoms with E-state index in [9.17, 15) is 4.79 Å². The number of halogens is 1. The molecule has 3 aromatic rings. The molecule has 1 atom stereocenters. The summed E-state index contributed by atoms with van der Waals surface area (Å²) in [5.41, 5.74) is 2.66. The Labute approximate surface area is 193 Å². The van der Waals surface area contributed by atoms with Gasteiger partial charge in [-0.05, 0) is 36.9 Å². The van der Waals surface area contributed by atoms with E-state index in [4.69, 9.17) is 9.47 Å². The number of ether oxygens (including phenoxy) is 2. The van der Waals surface area contributed by atoms with Gasteiger partial charge in [0.15, 0.2) is 5.69 Å². The van der Waals surface area contributed by atoms with Gasteiger partial charge in [-0.2, -0.15) is 4.98 Å². The minimum Gasteiger partial charge on any atom is -0.494 e. The molecule has 0 saturated carbocycles. The molecule has 0 saturated heterocycles. The highest BCUT2D eigenvalue weighted by atomic mass is 79.9. The number of hydrogen-bond acceptors (Lipinski definition) is 7. The van der Waals surface area contributed by atoms with Crippen LogP contribution in [0.3, 0.4) is 0 Å². The Kier molecular flexibility index (Phi) is 6.43. The molecular weight excluding hydrogens is 480 g/mol. The van der Waals surface area contributed by atoms with E-state index in [2.05, 4.69) is 31.1 Å². The van der Waals surface area contributed by atoms with Crippen LogP contribution in [0, 0.1) is 0 Å². The first-order valence-electron chi connectivity index (χ1n) is 9.89. The predicted molar refractivity (Wildman–Crippen MR) is 124 cm³/mol. The lowest BCUT2D eigenvalue weighted by molar-refractivity contribution is -0.118. The molecule has 0 spiro atoms. The number of para-hydroxylation sites is 1. The summed E-state index contributed by atoms with van der Waals surface area (Å²) in [5.74, 6) is 1.66. The summed E-state index contributed by atoms with van der Waals surface area (Å²) < 4.78 is 12.9. The second kappa shape index (κ2) is 9.23. The third-order valence-electron chi connectivity index (χ3n) is 4.67. The highest BCUT2D eigenvalue weighted by molar-refractivity contribution is 9.10. The van der Waals surface area contributed by atoms with Crippen LogP contribution in [0.4, 0.5) is 5.69 Å². The van der Waals surface area contributed by atoms with Crippen molar-refractivity contribution in [2.75, 3.05) is 17.3 Å². The maximum absolute atomic E-state index is 12.9. The second-order valence-corrected chi connectivity index (χ2v) is 8.76. The Hall–Kier alpha value is -2.65. The summed E-state index contributed by atoms with van der Waals surface area (Å²) in [4.78, 5) is 19.1. The Bertz CT molecular complexity index is 1130. The van der Waals surface area contributed by atoms with Crippen molar-refractivity contribution in [2.24, 2.45) is 0 Å². The Morgan fingerprint density at radius 2 is 2.03 bits per heavy atom. The van der Waals surface area contributed by atoms with Crippen LogP contribution in [0.2, 0.25) is 0 Å². The molecule has 0 aliphatic carbocycles. The molecule has 4 rings (SSSR count). The van der Waals surface area contributed by atoms with Gasteiger partial charge in [-0.3, -0.25) is 9.69 Å². The van der Waals surface area contributed by atoms with E-state index in [0.29, 0.717) is 34.8 Å². The number of nitrogens with zero attached hydrogens (tertiary/aromatic N) is 4. The summed E-state index contributed by atoms with van der Waals surface area (Å²) in [6, 6.07) is 13.2. The molecular formula is C22H21BrN4O3S. The minimum atomic E-state index is -0.772. The maximum atomic E-state index is 12.9. The molecule has 2 heterocycles. The fourth-order valence-corrected chi connectivity index (χ4v) is 4.36. The van der Waals surface area contributed by atoms with Crippen molar-refractivity contribution in [3.05, 3.63) is 52.5 Å². The minimum absolute atomic E-state index is 0.171. The number of hydrogen-bond donors (Lipinski definition) is 0. The summed E-state index contributed by atoms with van der Waals surface area (Å²) in [6.07, 6.45) is -0.772. The molecule has 0 unspecified atom stereocenters. The largest absolute Gasteiger partial charge is 0.494 e. The third-order valence-corrected chi connectivity index (χ3v) is 6.11. The monoisotopic (exact) mass is 500 g/mol. The Morgan fingerprint density at radius 3 is 2.77 bits per heavy atom. The van der Waals surface area contributed by atoms with Gasteiger partial charge in [-0.25, -0.2) is 0 Å². The molecule has 0 N–H and O–H groups in total. The summed E-state index contributed by atoms with van der Waals surface area (Å²) in [7, 11) is 0. The first-order valence-corrected chi connectivity index (χ1v) is 11.7. The van der Waals surface area contributed by atoms with Crippen molar-refractivity contribution in [1.82, 2.24) is 15.2 Å². The fourth-order valence-electron chi connectivity index (χ4n) is 3.41. The van der Waals surface area contributed by atoms with Crippen LogP contribution in [0.25, 0.3) is 11.3 Å². The van der Waals surface area contributed by atoms with Crippen LogP contribution in [-0.2, 0) is 4.79 Å². The van der Waals surface area contributed by atoms with Gasteiger partial charge in [-0.1, -0.05) is 52.8 Å². The standard InChI is InChI=1S/C22H21BrN4O3S/c1-4-29-14-10-11-17(23)16(12-14)21-27(13(3)28)18-9-7-6-8-15(18)19-20(30-21)24-22(26-25-19)31-5-2/h6-12,21H,4-5H2,1-3H3/t21-/m1/s1. The van der Waals surface area contributed by atoms with Gasteiger partial charge in [0.1, 0.15) is 5.75 Å². The first kappa shape index (κ1) is 21.6. The van der Waals surface area contributed by atoms with Crippen LogP contribution in [0.15, 0.2) is 52.1 Å². The first-order chi connectivity index (χ1) is 15.0. The van der Waals surface area contributed by atoms with Crippen LogP contribution in [-0.4, -0.2) is 33.4 Å². The lowest BCUT2D eigenvalue weighted by Crippen LogP contribution is -2.36. The van der Waals surface area contributed by atoms with Gasteiger partial charge in [-0.15, -0.1) is 10.2 Å². The SMILES string of the molecule is CCOc1ccc(Br)c([C@H]2Oc3nc(SCC)nnc3-c3ccccc3N2C(C)=O)c1. The molecule has 2 aromatic carbocycles. The zero-order valence-corrected chi connectivity index (χ0v) is 19.7. The zero-order valence-electron chi connectivity index (χ0n) is 17.3. The topological polar surface area (TPSA) is 77.4 Å². The quantitative estimate of drug-likeness (QED) is 0.442. The normalized spacial score (nSPS) is 14.8. The molecule has 1 amide bonds.